The van der Waals surface area contributed by atoms with Crippen molar-refractivity contribution in [1.29, 1.82) is 0 Å². The van der Waals surface area contributed by atoms with Crippen molar-refractivity contribution in [2.24, 2.45) is 15.0 Å². The van der Waals surface area contributed by atoms with Gasteiger partial charge in [-0.05, 0) is 56.2 Å². The van der Waals surface area contributed by atoms with E-state index in [-0.39, 0.29) is 0 Å². The lowest BCUT2D eigenvalue weighted by Gasteiger charge is -2.08. The first-order valence-electron chi connectivity index (χ1n) is 9.87. The number of fused-ring (bicyclic) bond motifs is 1. The Bertz CT molecular complexity index is 1160. The van der Waals surface area contributed by atoms with Gasteiger partial charge in [-0.25, -0.2) is 0 Å². The summed E-state index contributed by atoms with van der Waals surface area (Å²) in [5.41, 5.74) is 7.50. The summed E-state index contributed by atoms with van der Waals surface area (Å²) in [6.07, 6.45) is 6.99. The third-order valence-corrected chi connectivity index (χ3v) is 4.47. The van der Waals surface area contributed by atoms with Gasteiger partial charge in [0.25, 0.3) is 0 Å². The molecule has 4 nitrogen and oxygen atoms in total. The lowest BCUT2D eigenvalue weighted by Crippen LogP contribution is -1.95. The van der Waals surface area contributed by atoms with Crippen LogP contribution in [0.15, 0.2) is 94.0 Å². The van der Waals surface area contributed by atoms with Crippen LogP contribution in [0.5, 0.6) is 0 Å². The van der Waals surface area contributed by atoms with Gasteiger partial charge in [0.05, 0.1) is 16.9 Å². The number of nitrogens with zero attached hydrogens (tertiary/aromatic N) is 4. The molecule has 0 unspecified atom stereocenters. The predicted molar refractivity (Wildman–Crippen MR) is 130 cm³/mol. The molecule has 3 aromatic rings. The van der Waals surface area contributed by atoms with Gasteiger partial charge in [0.1, 0.15) is 6.67 Å². The summed E-state index contributed by atoms with van der Waals surface area (Å²) in [5, 5.41) is 1.22. The van der Waals surface area contributed by atoms with E-state index in [2.05, 4.69) is 82.0 Å². The van der Waals surface area contributed by atoms with E-state index in [9.17, 15) is 0 Å². The molecule has 0 saturated heterocycles. The normalized spacial score (nSPS) is 17.4. The lowest BCUT2D eigenvalue weighted by atomic mass is 9.99. The molecule has 0 spiro atoms. The Morgan fingerprint density at radius 1 is 0.933 bits per heavy atom. The van der Waals surface area contributed by atoms with Gasteiger partial charge in [-0.1, -0.05) is 54.6 Å². The standard InChI is InChI=1S/C17H15N.C9H11N3/c1-12-6-5-7-14(10-12)16-11-13(2)18-17-9-4-3-8-15(16)17;1-8-4-3-5-10-7-12-9(2)6-11-8/h3-11H,1-2H3;3-6H,1,7H2,2H3/b;4-3-,10-5-,11-6?,12-9-. The van der Waals surface area contributed by atoms with Gasteiger partial charge in [0.2, 0.25) is 0 Å². The number of benzene rings is 2. The van der Waals surface area contributed by atoms with Crippen LogP contribution in [0, 0.1) is 13.8 Å². The Labute approximate surface area is 178 Å². The first-order chi connectivity index (χ1) is 14.5. The van der Waals surface area contributed by atoms with E-state index in [1.807, 2.05) is 19.9 Å². The van der Waals surface area contributed by atoms with Crippen molar-refractivity contribution in [3.63, 3.8) is 0 Å². The number of hydrogen-bond acceptors (Lipinski definition) is 4. The number of hydrogen-bond donors (Lipinski definition) is 0. The molecule has 4 heteroatoms. The van der Waals surface area contributed by atoms with Gasteiger partial charge in [0.15, 0.2) is 0 Å². The second-order valence-electron chi connectivity index (χ2n) is 7.08. The molecule has 0 amide bonds. The van der Waals surface area contributed by atoms with E-state index in [0.717, 1.165) is 16.9 Å². The number of aryl methyl sites for hydroxylation is 2. The molecular weight excluding hydrogens is 368 g/mol. The molecule has 0 aliphatic carbocycles. The van der Waals surface area contributed by atoms with Crippen LogP contribution in [-0.4, -0.2) is 29.8 Å². The molecule has 0 saturated carbocycles. The molecule has 30 heavy (non-hydrogen) atoms. The maximum absolute atomic E-state index is 4.58. The van der Waals surface area contributed by atoms with Crippen molar-refractivity contribution in [3.8, 4) is 11.1 Å². The Balaban J connectivity index is 0.000000187. The summed E-state index contributed by atoms with van der Waals surface area (Å²) in [5.74, 6) is 0. The highest BCUT2D eigenvalue weighted by Crippen LogP contribution is 2.28. The highest BCUT2D eigenvalue weighted by atomic mass is 14.9. The van der Waals surface area contributed by atoms with Crippen molar-refractivity contribution < 1.29 is 0 Å². The number of rotatable bonds is 1. The minimum Gasteiger partial charge on any atom is -0.270 e. The molecular formula is C26H26N4. The first kappa shape index (κ1) is 21.1. The molecule has 0 N–H and O–H groups in total. The molecule has 1 aliphatic heterocycles. The molecule has 150 valence electrons. The van der Waals surface area contributed by atoms with Crippen molar-refractivity contribution in [2.45, 2.75) is 20.8 Å². The number of aromatic nitrogens is 1. The maximum atomic E-state index is 4.58. The second kappa shape index (κ2) is 10.2. The van der Waals surface area contributed by atoms with Gasteiger partial charge in [-0.2, -0.15) is 0 Å². The predicted octanol–water partition coefficient (Wildman–Crippen LogP) is 6.15. The molecule has 0 bridgehead atoms. The summed E-state index contributed by atoms with van der Waals surface area (Å²) in [7, 11) is 0. The zero-order chi connectivity index (χ0) is 21.3. The fourth-order valence-corrected chi connectivity index (χ4v) is 3.03. The summed E-state index contributed by atoms with van der Waals surface area (Å²) >= 11 is 0. The minimum absolute atomic E-state index is 0.467. The highest BCUT2D eigenvalue weighted by molar-refractivity contribution is 6.29. The summed E-state index contributed by atoms with van der Waals surface area (Å²) in [4.78, 5) is 16.8. The third kappa shape index (κ3) is 5.92. The summed E-state index contributed by atoms with van der Waals surface area (Å²) in [6, 6.07) is 19.1. The molecule has 2 aromatic carbocycles. The van der Waals surface area contributed by atoms with Crippen LogP contribution >= 0.6 is 0 Å². The largest absolute Gasteiger partial charge is 0.270 e. The van der Waals surface area contributed by atoms with Crippen molar-refractivity contribution >= 4 is 29.0 Å². The number of allylic oxidation sites excluding steroid dienone is 2. The van der Waals surface area contributed by atoms with Gasteiger partial charge in [-0.3, -0.25) is 20.0 Å². The van der Waals surface area contributed by atoms with E-state index >= 15 is 0 Å². The lowest BCUT2D eigenvalue weighted by molar-refractivity contribution is 1.08. The molecule has 1 aromatic heterocycles. The molecule has 0 atom stereocenters. The molecule has 4 rings (SSSR count). The number of pyridine rings is 1. The van der Waals surface area contributed by atoms with Gasteiger partial charge in [0, 0.05) is 23.5 Å². The van der Waals surface area contributed by atoms with Crippen molar-refractivity contribution in [1.82, 2.24) is 4.98 Å². The number of aliphatic imine (C=N–C) groups is 3. The topological polar surface area (TPSA) is 50.0 Å². The second-order valence-corrected chi connectivity index (χ2v) is 7.08. The van der Waals surface area contributed by atoms with Crippen molar-refractivity contribution in [2.75, 3.05) is 6.67 Å². The minimum atomic E-state index is 0.467. The van der Waals surface area contributed by atoms with Gasteiger partial charge < -0.3 is 0 Å². The Hall–Kier alpha value is -3.66. The monoisotopic (exact) mass is 394 g/mol. The molecule has 0 fully saturated rings. The Kier molecular flexibility index (Phi) is 7.17. The Morgan fingerprint density at radius 3 is 2.60 bits per heavy atom. The Morgan fingerprint density at radius 2 is 1.77 bits per heavy atom. The van der Waals surface area contributed by atoms with E-state index in [1.165, 1.54) is 22.1 Å². The van der Waals surface area contributed by atoms with Gasteiger partial charge in [-0.15, -0.1) is 0 Å². The van der Waals surface area contributed by atoms with Crippen molar-refractivity contribution in [3.05, 3.63) is 90.3 Å². The van der Waals surface area contributed by atoms with Crippen LogP contribution in [0.3, 0.4) is 0 Å². The molecule has 0 radical (unpaired) electrons. The first-order valence-corrected chi connectivity index (χ1v) is 9.87. The summed E-state index contributed by atoms with van der Waals surface area (Å²) in [6.45, 7) is 10.2. The molecule has 1 aliphatic rings. The van der Waals surface area contributed by atoms with Gasteiger partial charge >= 0.3 is 0 Å². The third-order valence-electron chi connectivity index (χ3n) is 4.47. The maximum Gasteiger partial charge on any atom is 0.129 e. The van der Waals surface area contributed by atoms with E-state index in [4.69, 9.17) is 0 Å². The molecule has 2 heterocycles. The average molecular weight is 395 g/mol. The average Bonchev–Trinajstić information content (AvgIpc) is 2.74. The van der Waals surface area contributed by atoms with Crippen LogP contribution < -0.4 is 0 Å². The highest BCUT2D eigenvalue weighted by Gasteiger charge is 2.05. The van der Waals surface area contributed by atoms with Crippen LogP contribution in [0.2, 0.25) is 0 Å². The quantitative estimate of drug-likeness (QED) is 0.488. The van der Waals surface area contributed by atoms with Crippen LogP contribution in [-0.2, 0) is 0 Å². The SMILES string of the molecule is C=C1/C=C\C=N/C/N=C(/C)C=N1.Cc1cccc(-c2cc(C)nc3ccccc23)c1. The summed E-state index contributed by atoms with van der Waals surface area (Å²) < 4.78 is 0. The number of para-hydroxylation sites is 1. The van der Waals surface area contributed by atoms with Crippen LogP contribution in [0.4, 0.5) is 0 Å². The van der Waals surface area contributed by atoms with Crippen LogP contribution in [0.1, 0.15) is 18.2 Å². The fourth-order valence-electron chi connectivity index (χ4n) is 3.03. The van der Waals surface area contributed by atoms with E-state index in [0.29, 0.717) is 12.4 Å². The van der Waals surface area contributed by atoms with E-state index in [1.54, 1.807) is 24.6 Å². The van der Waals surface area contributed by atoms with E-state index < -0.39 is 0 Å². The zero-order valence-corrected chi connectivity index (χ0v) is 17.7. The fraction of sp³-hybridized carbons (Fsp3) is 0.154. The zero-order valence-electron chi connectivity index (χ0n) is 17.7. The van der Waals surface area contributed by atoms with Crippen LogP contribution in [0.25, 0.3) is 22.0 Å². The smallest absolute Gasteiger partial charge is 0.129 e.